The van der Waals surface area contributed by atoms with E-state index in [1.807, 2.05) is 0 Å². The molecular formula is C14H16O6P2. The van der Waals surface area contributed by atoms with Crippen molar-refractivity contribution in [3.63, 3.8) is 0 Å². The van der Waals surface area contributed by atoms with Crippen molar-refractivity contribution in [2.75, 3.05) is 6.61 Å². The van der Waals surface area contributed by atoms with Crippen LogP contribution in [0.15, 0.2) is 60.7 Å². The highest BCUT2D eigenvalue weighted by atomic mass is 31.3. The number of hydrogen-bond donors (Lipinski definition) is 1. The van der Waals surface area contributed by atoms with E-state index in [9.17, 15) is 9.46 Å². The van der Waals surface area contributed by atoms with Crippen LogP contribution < -0.4 is 9.05 Å². The van der Waals surface area contributed by atoms with Crippen LogP contribution in [0, 0.1) is 0 Å². The Morgan fingerprint density at radius 1 is 0.955 bits per heavy atom. The SMILES string of the molecule is CCOP(O)OP(=O)(Oc1ccccc1)Oc1ccccc1. The van der Waals surface area contributed by atoms with Crippen molar-refractivity contribution in [3.05, 3.63) is 60.7 Å². The van der Waals surface area contributed by atoms with Gasteiger partial charge in [0, 0.05) is 0 Å². The number of rotatable bonds is 8. The lowest BCUT2D eigenvalue weighted by atomic mass is 10.3. The molecule has 0 aliphatic carbocycles. The molecule has 0 aromatic heterocycles. The number of phosphoric acid groups is 1. The molecule has 0 spiro atoms. The largest absolute Gasteiger partial charge is 0.594 e. The van der Waals surface area contributed by atoms with Crippen molar-refractivity contribution in [3.8, 4) is 11.5 Å². The maximum Gasteiger partial charge on any atom is 0.594 e. The van der Waals surface area contributed by atoms with Gasteiger partial charge >= 0.3 is 16.4 Å². The van der Waals surface area contributed by atoms with Crippen LogP contribution in [0.1, 0.15) is 6.92 Å². The summed E-state index contributed by atoms with van der Waals surface area (Å²) in [5.74, 6) is 0.586. The van der Waals surface area contributed by atoms with Gasteiger partial charge < -0.3 is 18.5 Å². The fourth-order valence-corrected chi connectivity index (χ4v) is 3.65. The van der Waals surface area contributed by atoms with Gasteiger partial charge in [0.15, 0.2) is 0 Å². The summed E-state index contributed by atoms with van der Waals surface area (Å²) < 4.78 is 33.2. The summed E-state index contributed by atoms with van der Waals surface area (Å²) in [5, 5.41) is 0. The zero-order valence-electron chi connectivity index (χ0n) is 11.9. The molecule has 1 atom stereocenters. The van der Waals surface area contributed by atoms with E-state index in [4.69, 9.17) is 17.9 Å². The van der Waals surface area contributed by atoms with Gasteiger partial charge in [-0.15, -0.1) is 0 Å². The van der Waals surface area contributed by atoms with Crippen LogP contribution in [0.25, 0.3) is 0 Å². The lowest BCUT2D eigenvalue weighted by Gasteiger charge is -2.20. The molecule has 0 heterocycles. The summed E-state index contributed by atoms with van der Waals surface area (Å²) in [6.45, 7) is 1.88. The number of hydrogen-bond acceptors (Lipinski definition) is 6. The highest BCUT2D eigenvalue weighted by molar-refractivity contribution is 7.59. The van der Waals surface area contributed by atoms with E-state index in [1.54, 1.807) is 67.6 Å². The van der Waals surface area contributed by atoms with Crippen molar-refractivity contribution in [1.29, 1.82) is 0 Å². The first-order chi connectivity index (χ1) is 10.6. The van der Waals surface area contributed by atoms with E-state index in [0.717, 1.165) is 0 Å². The second kappa shape index (κ2) is 8.28. The van der Waals surface area contributed by atoms with Crippen molar-refractivity contribution in [1.82, 2.24) is 0 Å². The number of benzene rings is 2. The third kappa shape index (κ3) is 5.41. The molecule has 118 valence electrons. The molecule has 6 nitrogen and oxygen atoms in total. The lowest BCUT2D eigenvalue weighted by Crippen LogP contribution is -2.03. The summed E-state index contributed by atoms with van der Waals surface area (Å²) in [6.07, 6.45) is 0. The Balaban J connectivity index is 2.17. The Labute approximate surface area is 130 Å². The Bertz CT molecular complexity index is 562. The highest BCUT2D eigenvalue weighted by Gasteiger charge is 2.35. The zero-order chi connectivity index (χ0) is 15.8. The Morgan fingerprint density at radius 2 is 1.41 bits per heavy atom. The zero-order valence-corrected chi connectivity index (χ0v) is 13.7. The fraction of sp³-hybridized carbons (Fsp3) is 0.143. The van der Waals surface area contributed by atoms with Crippen LogP contribution in [0.2, 0.25) is 0 Å². The highest BCUT2D eigenvalue weighted by Crippen LogP contribution is 2.58. The first kappa shape index (κ1) is 16.9. The molecule has 0 saturated heterocycles. The Morgan fingerprint density at radius 3 is 1.82 bits per heavy atom. The third-order valence-corrected chi connectivity index (χ3v) is 5.04. The molecule has 0 radical (unpaired) electrons. The summed E-state index contributed by atoms with van der Waals surface area (Å²) in [4.78, 5) is 9.63. The minimum atomic E-state index is -4.10. The minimum Gasteiger partial charge on any atom is -0.395 e. The van der Waals surface area contributed by atoms with Crippen molar-refractivity contribution in [2.24, 2.45) is 0 Å². The van der Waals surface area contributed by atoms with Gasteiger partial charge in [-0.25, -0.2) is 4.57 Å². The van der Waals surface area contributed by atoms with E-state index in [2.05, 4.69) is 0 Å². The average molecular weight is 342 g/mol. The van der Waals surface area contributed by atoms with Crippen molar-refractivity contribution in [2.45, 2.75) is 6.92 Å². The quantitative estimate of drug-likeness (QED) is 0.711. The molecule has 0 aliphatic heterocycles. The molecule has 8 heteroatoms. The summed E-state index contributed by atoms with van der Waals surface area (Å²) in [7, 11) is -6.47. The molecule has 2 aromatic rings. The van der Waals surface area contributed by atoms with E-state index >= 15 is 0 Å². The van der Waals surface area contributed by atoms with Gasteiger partial charge in [0.25, 0.3) is 0 Å². The summed E-state index contributed by atoms with van der Waals surface area (Å²) in [6, 6.07) is 16.8. The lowest BCUT2D eigenvalue weighted by molar-refractivity contribution is 0.237. The predicted octanol–water partition coefficient (Wildman–Crippen LogP) is 4.52. The second-order valence-electron chi connectivity index (χ2n) is 3.99. The topological polar surface area (TPSA) is 74.2 Å². The monoisotopic (exact) mass is 342 g/mol. The number of para-hydroxylation sites is 2. The van der Waals surface area contributed by atoms with Crippen LogP contribution in [0.5, 0.6) is 11.5 Å². The Kier molecular flexibility index (Phi) is 6.37. The second-order valence-corrected chi connectivity index (χ2v) is 6.64. The molecular weight excluding hydrogens is 326 g/mol. The molecule has 0 saturated carbocycles. The molecule has 0 fully saturated rings. The normalized spacial score (nSPS) is 12.6. The van der Waals surface area contributed by atoms with E-state index in [1.165, 1.54) is 0 Å². The van der Waals surface area contributed by atoms with Crippen LogP contribution in [0.4, 0.5) is 0 Å². The first-order valence-electron chi connectivity index (χ1n) is 6.52. The smallest absolute Gasteiger partial charge is 0.395 e. The van der Waals surface area contributed by atoms with Crippen LogP contribution in [-0.2, 0) is 13.4 Å². The summed E-state index contributed by atoms with van der Waals surface area (Å²) in [5.41, 5.74) is 0. The number of phosphoric ester groups is 1. The Hall–Kier alpha value is -1.42. The third-order valence-electron chi connectivity index (χ3n) is 2.33. The van der Waals surface area contributed by atoms with Gasteiger partial charge in [0.2, 0.25) is 0 Å². The van der Waals surface area contributed by atoms with Crippen LogP contribution >= 0.6 is 16.4 Å². The van der Waals surface area contributed by atoms with Crippen molar-refractivity contribution >= 4 is 16.4 Å². The maximum absolute atomic E-state index is 12.7. The average Bonchev–Trinajstić information content (AvgIpc) is 2.49. The molecule has 1 unspecified atom stereocenters. The molecule has 2 rings (SSSR count). The molecule has 0 amide bonds. The molecule has 2 aromatic carbocycles. The minimum absolute atomic E-state index is 0.207. The van der Waals surface area contributed by atoms with Gasteiger partial charge in [-0.2, -0.15) is 4.31 Å². The van der Waals surface area contributed by atoms with Crippen molar-refractivity contribution < 1.29 is 27.3 Å². The standard InChI is InChI=1S/C14H16O6P2/c1-2-17-21(15)20-22(16,18-13-9-5-3-6-10-13)19-14-11-7-4-8-12-14/h3-12,15H,2H2,1H3. The maximum atomic E-state index is 12.7. The van der Waals surface area contributed by atoms with Gasteiger partial charge in [-0.05, 0) is 31.2 Å². The predicted molar refractivity (Wildman–Crippen MR) is 83.6 cm³/mol. The fourth-order valence-electron chi connectivity index (χ4n) is 1.49. The van der Waals surface area contributed by atoms with Gasteiger partial charge in [0.1, 0.15) is 11.5 Å². The molecule has 1 N–H and O–H groups in total. The molecule has 0 bridgehead atoms. The van der Waals surface area contributed by atoms with E-state index < -0.39 is 16.4 Å². The van der Waals surface area contributed by atoms with Gasteiger partial charge in [-0.3, -0.25) is 0 Å². The van der Waals surface area contributed by atoms with Gasteiger partial charge in [0.05, 0.1) is 6.61 Å². The molecule has 22 heavy (non-hydrogen) atoms. The first-order valence-corrected chi connectivity index (χ1v) is 9.11. The van der Waals surface area contributed by atoms with E-state index in [0.29, 0.717) is 11.5 Å². The van der Waals surface area contributed by atoms with Crippen LogP contribution in [-0.4, -0.2) is 11.5 Å². The molecule has 0 aliphatic rings. The van der Waals surface area contributed by atoms with Crippen LogP contribution in [0.3, 0.4) is 0 Å². The summed E-state index contributed by atoms with van der Waals surface area (Å²) >= 11 is 0. The van der Waals surface area contributed by atoms with E-state index in [-0.39, 0.29) is 6.61 Å². The van der Waals surface area contributed by atoms with Gasteiger partial charge in [-0.1, -0.05) is 36.4 Å².